The van der Waals surface area contributed by atoms with Crippen molar-refractivity contribution in [1.29, 1.82) is 0 Å². The Hall–Kier alpha value is -1.84. The number of fused-ring (bicyclic) bond motifs is 1. The lowest BCUT2D eigenvalue weighted by molar-refractivity contribution is -0.125. The van der Waals surface area contributed by atoms with E-state index in [0.29, 0.717) is 11.5 Å². The third-order valence-electron chi connectivity index (χ3n) is 3.27. The molecular formula is C14H21N3O5S. The lowest BCUT2D eigenvalue weighted by atomic mass is 10.0. The molecule has 2 rings (SSSR count). The minimum absolute atomic E-state index is 0.145. The molecular weight excluding hydrogens is 322 g/mol. The van der Waals surface area contributed by atoms with Crippen molar-refractivity contribution in [3.63, 3.8) is 0 Å². The second kappa shape index (κ2) is 7.16. The average Bonchev–Trinajstić information content (AvgIpc) is 2.90. The molecule has 23 heavy (non-hydrogen) atoms. The van der Waals surface area contributed by atoms with Gasteiger partial charge in [0, 0.05) is 13.1 Å². The van der Waals surface area contributed by atoms with Crippen LogP contribution in [0, 0.1) is 0 Å². The zero-order chi connectivity index (χ0) is 17.0. The average molecular weight is 343 g/mol. The van der Waals surface area contributed by atoms with E-state index in [-0.39, 0.29) is 25.8 Å². The van der Waals surface area contributed by atoms with E-state index in [1.54, 1.807) is 31.1 Å². The van der Waals surface area contributed by atoms with Crippen molar-refractivity contribution >= 4 is 15.9 Å². The number of carbonyl (C=O) groups is 1. The molecule has 0 saturated heterocycles. The summed E-state index contributed by atoms with van der Waals surface area (Å²) in [6.45, 7) is 0.529. The Labute approximate surface area is 135 Å². The Morgan fingerprint density at radius 3 is 2.61 bits per heavy atom. The third kappa shape index (κ3) is 4.81. The van der Waals surface area contributed by atoms with Gasteiger partial charge in [-0.1, -0.05) is 6.07 Å². The van der Waals surface area contributed by atoms with Gasteiger partial charge in [-0.3, -0.25) is 9.69 Å². The molecule has 0 spiro atoms. The fraction of sp³-hybridized carbons (Fsp3) is 0.500. The third-order valence-corrected chi connectivity index (χ3v) is 3.99. The maximum atomic E-state index is 12.4. The van der Waals surface area contributed by atoms with Gasteiger partial charge in [-0.15, -0.1) is 0 Å². The molecule has 1 amide bonds. The molecule has 0 saturated carbocycles. The molecule has 0 fully saturated rings. The fourth-order valence-corrected chi connectivity index (χ4v) is 2.76. The fourth-order valence-electron chi connectivity index (χ4n) is 2.29. The molecule has 1 aromatic carbocycles. The molecule has 0 bridgehead atoms. The number of carbonyl (C=O) groups excluding carboxylic acids is 1. The Bertz CT molecular complexity index is 675. The highest BCUT2D eigenvalue weighted by molar-refractivity contribution is 7.88. The van der Waals surface area contributed by atoms with Crippen LogP contribution in [0.25, 0.3) is 0 Å². The number of sulfonamides is 1. The van der Waals surface area contributed by atoms with Gasteiger partial charge >= 0.3 is 0 Å². The van der Waals surface area contributed by atoms with Crippen LogP contribution < -0.4 is 19.5 Å². The summed E-state index contributed by atoms with van der Waals surface area (Å²) >= 11 is 0. The number of ether oxygens (including phenoxy) is 2. The van der Waals surface area contributed by atoms with E-state index < -0.39 is 16.1 Å². The van der Waals surface area contributed by atoms with Gasteiger partial charge in [-0.05, 0) is 31.8 Å². The number of hydrogen-bond acceptors (Lipinski definition) is 6. The minimum Gasteiger partial charge on any atom is -0.454 e. The molecule has 0 radical (unpaired) electrons. The van der Waals surface area contributed by atoms with Crippen molar-refractivity contribution in [3.05, 3.63) is 23.8 Å². The van der Waals surface area contributed by atoms with Crippen LogP contribution in [0.4, 0.5) is 0 Å². The minimum atomic E-state index is -3.26. The number of rotatable bonds is 7. The van der Waals surface area contributed by atoms with Gasteiger partial charge in [-0.25, -0.2) is 13.1 Å². The lowest BCUT2D eigenvalue weighted by Gasteiger charge is -2.24. The van der Waals surface area contributed by atoms with Gasteiger partial charge in [-0.2, -0.15) is 0 Å². The van der Waals surface area contributed by atoms with Crippen molar-refractivity contribution in [1.82, 2.24) is 14.9 Å². The van der Waals surface area contributed by atoms with Crippen LogP contribution in [0.2, 0.25) is 0 Å². The summed E-state index contributed by atoms with van der Waals surface area (Å²) < 4.78 is 34.9. The second-order valence-electron chi connectivity index (χ2n) is 5.44. The number of likely N-dealkylation sites (N-methyl/N-ethyl adjacent to an activating group) is 1. The second-order valence-corrected chi connectivity index (χ2v) is 7.27. The van der Waals surface area contributed by atoms with Crippen LogP contribution in [0.5, 0.6) is 11.5 Å². The van der Waals surface area contributed by atoms with Crippen LogP contribution >= 0.6 is 0 Å². The Balaban J connectivity index is 2.02. The van der Waals surface area contributed by atoms with E-state index in [0.717, 1.165) is 11.8 Å². The molecule has 0 aliphatic carbocycles. The molecule has 8 nitrogen and oxygen atoms in total. The first-order chi connectivity index (χ1) is 10.8. The summed E-state index contributed by atoms with van der Waals surface area (Å²) in [6, 6.07) is 4.85. The van der Waals surface area contributed by atoms with E-state index in [2.05, 4.69) is 10.0 Å². The van der Waals surface area contributed by atoms with Crippen LogP contribution in [-0.4, -0.2) is 59.5 Å². The van der Waals surface area contributed by atoms with Crippen molar-refractivity contribution in [2.45, 2.75) is 6.04 Å². The first kappa shape index (κ1) is 17.5. The van der Waals surface area contributed by atoms with Crippen LogP contribution in [0.3, 0.4) is 0 Å². The lowest BCUT2D eigenvalue weighted by Crippen LogP contribution is -2.40. The summed E-state index contributed by atoms with van der Waals surface area (Å²) in [6.07, 6.45) is 1.07. The number of hydrogen-bond donors (Lipinski definition) is 2. The number of amides is 1. The highest BCUT2D eigenvalue weighted by Gasteiger charge is 2.25. The normalized spacial score (nSPS) is 14.8. The van der Waals surface area contributed by atoms with E-state index in [9.17, 15) is 13.2 Å². The van der Waals surface area contributed by atoms with Gasteiger partial charge in [0.2, 0.25) is 22.7 Å². The molecule has 1 aromatic rings. The van der Waals surface area contributed by atoms with Crippen molar-refractivity contribution in [3.8, 4) is 11.5 Å². The van der Waals surface area contributed by atoms with Crippen molar-refractivity contribution < 1.29 is 22.7 Å². The number of nitrogens with zero attached hydrogens (tertiary/aromatic N) is 1. The molecule has 1 atom stereocenters. The highest BCUT2D eigenvalue weighted by atomic mass is 32.2. The van der Waals surface area contributed by atoms with Crippen LogP contribution in [0.15, 0.2) is 18.2 Å². The molecule has 2 N–H and O–H groups in total. The monoisotopic (exact) mass is 343 g/mol. The SMILES string of the molecule is CN(C)C(C(=O)NCCNS(C)(=O)=O)c1ccc2c(c1)OCO2. The summed E-state index contributed by atoms with van der Waals surface area (Å²) in [5.41, 5.74) is 0.771. The Kier molecular flexibility index (Phi) is 5.45. The Morgan fingerprint density at radius 1 is 1.26 bits per heavy atom. The first-order valence-corrected chi connectivity index (χ1v) is 8.95. The summed E-state index contributed by atoms with van der Waals surface area (Å²) in [5, 5.41) is 2.72. The number of nitrogens with one attached hydrogen (secondary N) is 2. The molecule has 1 aliphatic heterocycles. The quantitative estimate of drug-likeness (QED) is 0.659. The van der Waals surface area contributed by atoms with E-state index in [4.69, 9.17) is 9.47 Å². The summed E-state index contributed by atoms with van der Waals surface area (Å²) in [4.78, 5) is 14.2. The van der Waals surface area contributed by atoms with Gasteiger partial charge in [0.25, 0.3) is 0 Å². The van der Waals surface area contributed by atoms with Gasteiger partial charge in [0.1, 0.15) is 6.04 Å². The van der Waals surface area contributed by atoms with Crippen LogP contribution in [0.1, 0.15) is 11.6 Å². The maximum absolute atomic E-state index is 12.4. The van der Waals surface area contributed by atoms with Gasteiger partial charge < -0.3 is 14.8 Å². The molecule has 1 heterocycles. The zero-order valence-electron chi connectivity index (χ0n) is 13.3. The summed E-state index contributed by atoms with van der Waals surface area (Å²) in [7, 11) is 0.331. The van der Waals surface area contributed by atoms with E-state index in [1.807, 2.05) is 6.07 Å². The van der Waals surface area contributed by atoms with Crippen molar-refractivity contribution in [2.75, 3.05) is 40.2 Å². The largest absolute Gasteiger partial charge is 0.454 e. The molecule has 9 heteroatoms. The molecule has 1 unspecified atom stereocenters. The maximum Gasteiger partial charge on any atom is 0.241 e. The van der Waals surface area contributed by atoms with Crippen molar-refractivity contribution in [2.24, 2.45) is 0 Å². The Morgan fingerprint density at radius 2 is 1.96 bits per heavy atom. The van der Waals surface area contributed by atoms with Crippen LogP contribution in [-0.2, 0) is 14.8 Å². The standard InChI is InChI=1S/C14H21N3O5S/c1-17(2)13(14(18)15-6-7-16-23(3,19)20)10-4-5-11-12(8-10)22-9-21-11/h4-5,8,13,16H,6-7,9H2,1-3H3,(H,15,18). The number of benzene rings is 1. The van der Waals surface area contributed by atoms with E-state index in [1.165, 1.54) is 0 Å². The smallest absolute Gasteiger partial charge is 0.241 e. The van der Waals surface area contributed by atoms with Gasteiger partial charge in [0.05, 0.1) is 6.26 Å². The predicted octanol–water partition coefficient (Wildman–Crippen LogP) is -0.317. The topological polar surface area (TPSA) is 97.0 Å². The van der Waals surface area contributed by atoms with E-state index >= 15 is 0 Å². The predicted molar refractivity (Wildman–Crippen MR) is 84.8 cm³/mol. The van der Waals surface area contributed by atoms with Gasteiger partial charge in [0.15, 0.2) is 11.5 Å². The molecule has 1 aliphatic rings. The molecule has 128 valence electrons. The molecule has 0 aromatic heterocycles. The summed E-state index contributed by atoms with van der Waals surface area (Å²) in [5.74, 6) is 1.05. The highest BCUT2D eigenvalue weighted by Crippen LogP contribution is 2.35. The first-order valence-electron chi connectivity index (χ1n) is 7.06. The zero-order valence-corrected chi connectivity index (χ0v) is 14.1.